The molecule has 2 aromatic heterocycles. The topological polar surface area (TPSA) is 95.9 Å². The van der Waals surface area contributed by atoms with Gasteiger partial charge in [0, 0.05) is 37.8 Å². The second-order valence-electron chi connectivity index (χ2n) is 6.83. The van der Waals surface area contributed by atoms with Crippen molar-refractivity contribution in [2.45, 2.75) is 32.2 Å². The van der Waals surface area contributed by atoms with Crippen LogP contribution in [0.5, 0.6) is 0 Å². The zero-order chi connectivity index (χ0) is 17.2. The lowest BCUT2D eigenvalue weighted by Gasteiger charge is -2.33. The number of fused-ring (bicyclic) bond motifs is 1. The average Bonchev–Trinajstić information content (AvgIpc) is 3.14. The molecule has 2 aliphatic rings. The van der Waals surface area contributed by atoms with Gasteiger partial charge >= 0.3 is 0 Å². The number of amides is 1. The Hall–Kier alpha value is -2.64. The number of hydrogen-bond acceptors (Lipinski definition) is 5. The summed E-state index contributed by atoms with van der Waals surface area (Å²) in [4.78, 5) is 29.6. The molecule has 2 aliphatic heterocycles. The minimum Gasteiger partial charge on any atom is -0.371 e. The van der Waals surface area contributed by atoms with Crippen molar-refractivity contribution in [1.29, 1.82) is 0 Å². The van der Waals surface area contributed by atoms with Gasteiger partial charge in [-0.1, -0.05) is 0 Å². The number of nitrogens with zero attached hydrogens (tertiary/aromatic N) is 4. The van der Waals surface area contributed by atoms with Gasteiger partial charge in [-0.25, -0.2) is 0 Å². The van der Waals surface area contributed by atoms with Crippen LogP contribution in [0.3, 0.4) is 0 Å². The minimum atomic E-state index is -0.223. The summed E-state index contributed by atoms with van der Waals surface area (Å²) >= 11 is 0. The molecule has 25 heavy (non-hydrogen) atoms. The summed E-state index contributed by atoms with van der Waals surface area (Å²) in [6, 6.07) is 1.46. The predicted molar refractivity (Wildman–Crippen MR) is 92.5 cm³/mol. The summed E-state index contributed by atoms with van der Waals surface area (Å²) in [5, 5.41) is 10.9. The fourth-order valence-corrected chi connectivity index (χ4v) is 3.77. The van der Waals surface area contributed by atoms with E-state index in [9.17, 15) is 9.59 Å². The molecular weight excluding hydrogens is 320 g/mol. The lowest BCUT2D eigenvalue weighted by molar-refractivity contribution is 0.0681. The molecule has 0 spiro atoms. The summed E-state index contributed by atoms with van der Waals surface area (Å²) in [6.45, 7) is 3.16. The van der Waals surface area contributed by atoms with E-state index in [-0.39, 0.29) is 11.5 Å². The van der Waals surface area contributed by atoms with Gasteiger partial charge in [-0.3, -0.25) is 9.59 Å². The molecule has 2 N–H and O–H groups in total. The van der Waals surface area contributed by atoms with E-state index in [2.05, 4.69) is 20.5 Å². The number of H-pyrrole nitrogens is 1. The molecule has 8 nitrogen and oxygen atoms in total. The Kier molecular flexibility index (Phi) is 4.25. The highest BCUT2D eigenvalue weighted by Crippen LogP contribution is 2.25. The number of likely N-dealkylation sites (tertiary alicyclic amines) is 1. The first kappa shape index (κ1) is 15.9. The Balaban J connectivity index is 1.46. The maximum atomic E-state index is 13.0. The second kappa shape index (κ2) is 6.70. The summed E-state index contributed by atoms with van der Waals surface area (Å²) < 4.78 is 1.99. The van der Waals surface area contributed by atoms with Crippen molar-refractivity contribution >= 4 is 11.7 Å². The first-order chi connectivity index (χ1) is 12.2. The van der Waals surface area contributed by atoms with Crippen LogP contribution in [-0.4, -0.2) is 50.2 Å². The highest BCUT2D eigenvalue weighted by atomic mass is 16.2. The Morgan fingerprint density at radius 3 is 2.76 bits per heavy atom. The summed E-state index contributed by atoms with van der Waals surface area (Å²) in [5.74, 6) is 1.22. The molecule has 8 heteroatoms. The van der Waals surface area contributed by atoms with Gasteiger partial charge < -0.3 is 19.8 Å². The highest BCUT2D eigenvalue weighted by Gasteiger charge is 2.27. The zero-order valence-electron chi connectivity index (χ0n) is 14.1. The molecule has 1 saturated heterocycles. The van der Waals surface area contributed by atoms with Gasteiger partial charge in [-0.05, 0) is 31.6 Å². The number of anilines is 1. The molecular formula is C17H22N6O2. The predicted octanol–water partition coefficient (Wildman–Crippen LogP) is 0.877. The summed E-state index contributed by atoms with van der Waals surface area (Å²) in [5.41, 5.74) is 1.28. The number of carbonyl (C=O) groups is 1. The molecule has 1 fully saturated rings. The van der Waals surface area contributed by atoms with Gasteiger partial charge in [0.05, 0.1) is 5.56 Å². The standard InChI is InChI=1S/C17H22N6O2/c24-15-8-14(13-2-1-5-18-16(13)21-15)17(25)23-6-3-12(4-7-23)9-22-10-19-20-11-22/h8,10-12H,1-7,9H2,(H2,18,21,24). The Morgan fingerprint density at radius 2 is 2.00 bits per heavy atom. The third-order valence-corrected chi connectivity index (χ3v) is 5.12. The SMILES string of the molecule is O=C(c1cc(=O)[nH]c2c1CCCN2)N1CCC(Cn2cnnc2)CC1. The van der Waals surface area contributed by atoms with Gasteiger partial charge in [-0.2, -0.15) is 0 Å². The van der Waals surface area contributed by atoms with Crippen molar-refractivity contribution in [1.82, 2.24) is 24.6 Å². The molecule has 0 aromatic carbocycles. The van der Waals surface area contributed by atoms with E-state index < -0.39 is 0 Å². The molecule has 4 rings (SSSR count). The van der Waals surface area contributed by atoms with Crippen molar-refractivity contribution in [2.24, 2.45) is 5.92 Å². The fraction of sp³-hybridized carbons (Fsp3) is 0.529. The molecule has 0 aliphatic carbocycles. The summed E-state index contributed by atoms with van der Waals surface area (Å²) in [7, 11) is 0. The fourth-order valence-electron chi connectivity index (χ4n) is 3.77. The first-order valence-electron chi connectivity index (χ1n) is 8.82. The maximum absolute atomic E-state index is 13.0. The van der Waals surface area contributed by atoms with Crippen LogP contribution in [0.2, 0.25) is 0 Å². The second-order valence-corrected chi connectivity index (χ2v) is 6.83. The van der Waals surface area contributed by atoms with E-state index in [4.69, 9.17) is 0 Å². The quantitative estimate of drug-likeness (QED) is 0.863. The smallest absolute Gasteiger partial charge is 0.254 e. The highest BCUT2D eigenvalue weighted by molar-refractivity contribution is 5.97. The third-order valence-electron chi connectivity index (χ3n) is 5.12. The van der Waals surface area contributed by atoms with Crippen molar-refractivity contribution in [2.75, 3.05) is 25.0 Å². The largest absolute Gasteiger partial charge is 0.371 e. The summed E-state index contributed by atoms with van der Waals surface area (Å²) in [6.07, 6.45) is 7.16. The van der Waals surface area contributed by atoms with Crippen molar-refractivity contribution in [3.05, 3.63) is 40.2 Å². The number of nitrogens with one attached hydrogen (secondary N) is 2. The number of hydrogen-bond donors (Lipinski definition) is 2. The number of aromatic amines is 1. The van der Waals surface area contributed by atoms with E-state index in [0.717, 1.165) is 57.4 Å². The van der Waals surface area contributed by atoms with Crippen molar-refractivity contribution in [3.63, 3.8) is 0 Å². The van der Waals surface area contributed by atoms with Crippen LogP contribution in [0.1, 0.15) is 35.2 Å². The van der Waals surface area contributed by atoms with E-state index in [1.54, 1.807) is 12.7 Å². The van der Waals surface area contributed by atoms with Crippen LogP contribution in [0, 0.1) is 5.92 Å². The van der Waals surface area contributed by atoms with E-state index in [0.29, 0.717) is 17.3 Å². The van der Waals surface area contributed by atoms with Gasteiger partial charge in [0.15, 0.2) is 0 Å². The van der Waals surface area contributed by atoms with Crippen LogP contribution < -0.4 is 10.9 Å². The monoisotopic (exact) mass is 342 g/mol. The van der Waals surface area contributed by atoms with Gasteiger partial charge in [-0.15, -0.1) is 10.2 Å². The van der Waals surface area contributed by atoms with Gasteiger partial charge in [0.25, 0.3) is 5.91 Å². The van der Waals surface area contributed by atoms with Crippen molar-refractivity contribution in [3.8, 4) is 0 Å². The van der Waals surface area contributed by atoms with Crippen LogP contribution in [0.25, 0.3) is 0 Å². The molecule has 0 atom stereocenters. The van der Waals surface area contributed by atoms with E-state index >= 15 is 0 Å². The zero-order valence-corrected chi connectivity index (χ0v) is 14.1. The van der Waals surface area contributed by atoms with Crippen LogP contribution >= 0.6 is 0 Å². The van der Waals surface area contributed by atoms with Crippen molar-refractivity contribution < 1.29 is 4.79 Å². The van der Waals surface area contributed by atoms with Crippen LogP contribution in [0.15, 0.2) is 23.5 Å². The average molecular weight is 342 g/mol. The molecule has 0 radical (unpaired) electrons. The molecule has 0 unspecified atom stereocenters. The van der Waals surface area contributed by atoms with Gasteiger partial charge in [0.1, 0.15) is 18.5 Å². The number of aromatic nitrogens is 4. The minimum absolute atomic E-state index is 0.0196. The number of piperidine rings is 1. The van der Waals surface area contributed by atoms with E-state index in [1.165, 1.54) is 6.07 Å². The number of carbonyl (C=O) groups excluding carboxylic acids is 1. The Morgan fingerprint density at radius 1 is 1.24 bits per heavy atom. The van der Waals surface area contributed by atoms with Crippen LogP contribution in [-0.2, 0) is 13.0 Å². The molecule has 132 valence electrons. The molecule has 2 aromatic rings. The molecule has 1 amide bonds. The van der Waals surface area contributed by atoms with E-state index in [1.807, 2.05) is 9.47 Å². The Labute approximate surface area is 145 Å². The maximum Gasteiger partial charge on any atom is 0.254 e. The third kappa shape index (κ3) is 3.29. The normalized spacial score (nSPS) is 17.8. The Bertz CT molecular complexity index is 805. The number of pyridine rings is 1. The van der Waals surface area contributed by atoms with Gasteiger partial charge in [0.2, 0.25) is 5.56 Å². The first-order valence-corrected chi connectivity index (χ1v) is 8.82. The molecule has 4 heterocycles. The number of rotatable bonds is 3. The van der Waals surface area contributed by atoms with Crippen LogP contribution in [0.4, 0.5) is 5.82 Å². The lowest BCUT2D eigenvalue weighted by atomic mass is 9.95. The molecule has 0 bridgehead atoms. The lowest BCUT2D eigenvalue weighted by Crippen LogP contribution is -2.40. The molecule has 0 saturated carbocycles.